The van der Waals surface area contributed by atoms with Crippen molar-refractivity contribution in [1.82, 2.24) is 0 Å². The van der Waals surface area contributed by atoms with Crippen LogP contribution in [-0.4, -0.2) is 38.0 Å². The van der Waals surface area contributed by atoms with Crippen molar-refractivity contribution < 1.29 is 19.4 Å². The summed E-state index contributed by atoms with van der Waals surface area (Å²) in [4.78, 5) is 10.5. The molecule has 0 heterocycles. The van der Waals surface area contributed by atoms with Crippen LogP contribution in [0, 0.1) is 0 Å². The molecule has 4 heteroatoms. The maximum Gasteiger partial charge on any atom is 0.332 e. The smallest absolute Gasteiger partial charge is 0.332 e. The molecule has 4 nitrogen and oxygen atoms in total. The minimum Gasteiger partial charge on any atom is -0.464 e. The average Bonchev–Trinajstić information content (AvgIpc) is 1.89. The Bertz CT molecular complexity index is 91.7. The van der Waals surface area contributed by atoms with Crippen molar-refractivity contribution in [2.45, 2.75) is 6.42 Å². The van der Waals surface area contributed by atoms with E-state index in [0.29, 0.717) is 6.42 Å². The first-order valence-electron chi connectivity index (χ1n) is 3.06. The van der Waals surface area contributed by atoms with E-state index in [1.165, 1.54) is 7.11 Å². The van der Waals surface area contributed by atoms with E-state index < -0.39 is 5.97 Å². The van der Waals surface area contributed by atoms with Crippen LogP contribution < -0.4 is 0 Å². The summed E-state index contributed by atoms with van der Waals surface area (Å²) in [7, 11) is 1.42. The number of hydrogen-bond acceptors (Lipinski definition) is 4. The van der Waals surface area contributed by atoms with Gasteiger partial charge in [-0.25, -0.2) is 4.79 Å². The maximum atomic E-state index is 10.5. The third-order valence-corrected chi connectivity index (χ3v) is 0.828. The van der Waals surface area contributed by atoms with Gasteiger partial charge in [0, 0.05) is 20.1 Å². The molecule has 0 aliphatic heterocycles. The van der Waals surface area contributed by atoms with Crippen molar-refractivity contribution >= 4 is 5.97 Å². The Labute approximate surface area is 59.7 Å². The Balaban J connectivity index is 3.05. The van der Waals surface area contributed by atoms with Gasteiger partial charge in [-0.15, -0.1) is 0 Å². The molecule has 0 saturated heterocycles. The molecule has 0 aromatic rings. The van der Waals surface area contributed by atoms with Gasteiger partial charge in [0.2, 0.25) is 0 Å². The summed E-state index contributed by atoms with van der Waals surface area (Å²) in [5.41, 5.74) is 0. The number of methoxy groups -OCH3 is 1. The van der Waals surface area contributed by atoms with Gasteiger partial charge in [-0.05, 0) is 0 Å². The summed E-state index contributed by atoms with van der Waals surface area (Å²) in [6.07, 6.45) is 0.482. The first-order chi connectivity index (χ1) is 4.81. The minimum absolute atomic E-state index is 0.0224. The second-order valence-corrected chi connectivity index (χ2v) is 1.73. The molecule has 0 rings (SSSR count). The molecular formula is C6H12O4. The highest BCUT2D eigenvalue weighted by Crippen LogP contribution is 1.82. The minimum atomic E-state index is -0.393. The normalized spacial score (nSPS) is 9.40. The van der Waals surface area contributed by atoms with Crippen LogP contribution in [0.3, 0.4) is 0 Å². The molecule has 0 aromatic heterocycles. The number of aliphatic hydroxyl groups is 1. The fourth-order valence-corrected chi connectivity index (χ4v) is 0.410. The molecule has 0 saturated carbocycles. The van der Waals surface area contributed by atoms with Crippen LogP contribution in [0.4, 0.5) is 0 Å². The Hall–Kier alpha value is -0.610. The van der Waals surface area contributed by atoms with Crippen molar-refractivity contribution in [3.63, 3.8) is 0 Å². The number of rotatable bonds is 5. The van der Waals surface area contributed by atoms with E-state index in [0.717, 1.165) is 0 Å². The molecule has 0 aromatic carbocycles. The van der Waals surface area contributed by atoms with Gasteiger partial charge in [-0.3, -0.25) is 0 Å². The number of carbonyl (C=O) groups excluding carboxylic acids is 1. The fourth-order valence-electron chi connectivity index (χ4n) is 0.410. The van der Waals surface area contributed by atoms with Gasteiger partial charge >= 0.3 is 5.97 Å². The highest BCUT2D eigenvalue weighted by Gasteiger charge is 1.98. The zero-order chi connectivity index (χ0) is 7.82. The van der Waals surface area contributed by atoms with Gasteiger partial charge in [0.05, 0.1) is 6.61 Å². The summed E-state index contributed by atoms with van der Waals surface area (Å²) in [6, 6.07) is 0. The highest BCUT2D eigenvalue weighted by atomic mass is 16.6. The topological polar surface area (TPSA) is 55.8 Å². The molecule has 0 aliphatic carbocycles. The fraction of sp³-hybridized carbons (Fsp3) is 0.833. The summed E-state index contributed by atoms with van der Waals surface area (Å²) in [5, 5.41) is 8.29. The summed E-state index contributed by atoms with van der Waals surface area (Å²) >= 11 is 0. The van der Waals surface area contributed by atoms with E-state index in [1.54, 1.807) is 0 Å². The molecule has 0 radical (unpaired) electrons. The Morgan fingerprint density at radius 3 is 2.80 bits per heavy atom. The molecule has 0 fully saturated rings. The molecule has 0 aliphatic rings. The lowest BCUT2D eigenvalue weighted by atomic mass is 10.5. The lowest BCUT2D eigenvalue weighted by molar-refractivity contribution is -0.148. The zero-order valence-corrected chi connectivity index (χ0v) is 6.00. The predicted octanol–water partition coefficient (Wildman–Crippen LogP) is -0.442. The van der Waals surface area contributed by atoms with Gasteiger partial charge in [0.1, 0.15) is 6.61 Å². The molecule has 0 amide bonds. The first kappa shape index (κ1) is 9.39. The van der Waals surface area contributed by atoms with Gasteiger partial charge in [-0.1, -0.05) is 0 Å². The summed E-state index contributed by atoms with van der Waals surface area (Å²) < 4.78 is 9.10. The molecule has 1 N–H and O–H groups in total. The SMILES string of the molecule is COCC(=O)OCCCO. The molecule has 0 unspecified atom stereocenters. The zero-order valence-electron chi connectivity index (χ0n) is 6.00. The Kier molecular flexibility index (Phi) is 6.11. The lowest BCUT2D eigenvalue weighted by Gasteiger charge is -2.00. The third-order valence-electron chi connectivity index (χ3n) is 0.828. The number of hydrogen-bond donors (Lipinski definition) is 1. The number of ether oxygens (including phenoxy) is 2. The molecular weight excluding hydrogens is 136 g/mol. The van der Waals surface area contributed by atoms with Gasteiger partial charge < -0.3 is 14.6 Å². The van der Waals surface area contributed by atoms with Crippen LogP contribution in [0.5, 0.6) is 0 Å². The van der Waals surface area contributed by atoms with Crippen LogP contribution in [-0.2, 0) is 14.3 Å². The second kappa shape index (κ2) is 6.51. The standard InChI is InChI=1S/C6H12O4/c1-9-5-6(8)10-4-2-3-7/h7H,2-5H2,1H3. The van der Waals surface area contributed by atoms with Gasteiger partial charge in [-0.2, -0.15) is 0 Å². The largest absolute Gasteiger partial charge is 0.464 e. The van der Waals surface area contributed by atoms with Crippen molar-refractivity contribution in [2.24, 2.45) is 0 Å². The summed E-state index contributed by atoms with van der Waals surface area (Å²) in [5.74, 6) is -0.393. The van der Waals surface area contributed by atoms with Crippen molar-refractivity contribution in [3.05, 3.63) is 0 Å². The third kappa shape index (κ3) is 5.53. The van der Waals surface area contributed by atoms with E-state index in [4.69, 9.17) is 5.11 Å². The van der Waals surface area contributed by atoms with E-state index in [1.807, 2.05) is 0 Å². The Morgan fingerprint density at radius 1 is 1.60 bits per heavy atom. The number of carbonyl (C=O) groups is 1. The molecule has 10 heavy (non-hydrogen) atoms. The van der Waals surface area contributed by atoms with Crippen molar-refractivity contribution in [3.8, 4) is 0 Å². The van der Waals surface area contributed by atoms with Gasteiger partial charge in [0.15, 0.2) is 0 Å². The van der Waals surface area contributed by atoms with Crippen molar-refractivity contribution in [2.75, 3.05) is 26.9 Å². The molecule has 0 atom stereocenters. The monoisotopic (exact) mass is 148 g/mol. The van der Waals surface area contributed by atoms with Crippen LogP contribution >= 0.6 is 0 Å². The van der Waals surface area contributed by atoms with E-state index >= 15 is 0 Å². The molecule has 0 spiro atoms. The van der Waals surface area contributed by atoms with Crippen molar-refractivity contribution in [1.29, 1.82) is 0 Å². The highest BCUT2D eigenvalue weighted by molar-refractivity contribution is 5.70. The first-order valence-corrected chi connectivity index (χ1v) is 3.06. The Morgan fingerprint density at radius 2 is 2.30 bits per heavy atom. The van der Waals surface area contributed by atoms with E-state index in [-0.39, 0.29) is 19.8 Å². The number of esters is 1. The predicted molar refractivity (Wildman–Crippen MR) is 34.5 cm³/mol. The van der Waals surface area contributed by atoms with E-state index in [2.05, 4.69) is 9.47 Å². The summed E-state index contributed by atoms with van der Waals surface area (Å²) in [6.45, 7) is 0.282. The van der Waals surface area contributed by atoms with Gasteiger partial charge in [0.25, 0.3) is 0 Å². The van der Waals surface area contributed by atoms with Crippen LogP contribution in [0.1, 0.15) is 6.42 Å². The second-order valence-electron chi connectivity index (χ2n) is 1.73. The van der Waals surface area contributed by atoms with Crippen LogP contribution in [0.25, 0.3) is 0 Å². The lowest BCUT2D eigenvalue weighted by Crippen LogP contribution is -2.12. The molecule has 0 bridgehead atoms. The quantitative estimate of drug-likeness (QED) is 0.424. The maximum absolute atomic E-state index is 10.5. The van der Waals surface area contributed by atoms with Crippen LogP contribution in [0.2, 0.25) is 0 Å². The average molecular weight is 148 g/mol. The molecule has 60 valence electrons. The van der Waals surface area contributed by atoms with E-state index in [9.17, 15) is 4.79 Å². The number of aliphatic hydroxyl groups excluding tert-OH is 1. The van der Waals surface area contributed by atoms with Crippen LogP contribution in [0.15, 0.2) is 0 Å².